The van der Waals surface area contributed by atoms with Crippen LogP contribution in [0.4, 0.5) is 5.82 Å². The standard InChI is InChI=1S/C22H37N5O.HI/c1-2-23-22(25-13-6-10-19-8-4-3-5-9-19)26-18-20-11-7-12-24-21(20)27-14-16-28-17-15-27;/h7,11-12,19H,2-6,8-10,13-18H2,1H3,(H2,23,25,26);1H. The van der Waals surface area contributed by atoms with Crippen molar-refractivity contribution >= 4 is 35.8 Å². The molecule has 1 aromatic rings. The largest absolute Gasteiger partial charge is 0.378 e. The van der Waals surface area contributed by atoms with E-state index in [1.807, 2.05) is 12.3 Å². The summed E-state index contributed by atoms with van der Waals surface area (Å²) < 4.78 is 5.47. The summed E-state index contributed by atoms with van der Waals surface area (Å²) in [6.45, 7) is 7.94. The fourth-order valence-corrected chi connectivity index (χ4v) is 4.19. The minimum atomic E-state index is 0. The first kappa shape index (κ1) is 24.2. The van der Waals surface area contributed by atoms with Gasteiger partial charge >= 0.3 is 0 Å². The molecule has 0 atom stereocenters. The van der Waals surface area contributed by atoms with Crippen LogP contribution in [0.15, 0.2) is 23.3 Å². The Bertz CT molecular complexity index is 601. The van der Waals surface area contributed by atoms with E-state index in [1.165, 1.54) is 50.5 Å². The first-order valence-corrected chi connectivity index (χ1v) is 11.2. The van der Waals surface area contributed by atoms with Gasteiger partial charge in [-0.15, -0.1) is 24.0 Å². The number of rotatable bonds is 8. The number of morpholine rings is 1. The maximum Gasteiger partial charge on any atom is 0.191 e. The summed E-state index contributed by atoms with van der Waals surface area (Å²) in [6.07, 6.45) is 11.6. The quantitative estimate of drug-likeness (QED) is 0.238. The third-order valence-corrected chi connectivity index (χ3v) is 5.74. The number of ether oxygens (including phenoxy) is 1. The normalized spacial score (nSPS) is 18.2. The second kappa shape index (κ2) is 14.0. The number of pyridine rings is 1. The summed E-state index contributed by atoms with van der Waals surface area (Å²) in [5.41, 5.74) is 1.17. The van der Waals surface area contributed by atoms with Crippen molar-refractivity contribution in [3.8, 4) is 0 Å². The molecule has 0 amide bonds. The molecular weight excluding hydrogens is 477 g/mol. The molecule has 2 fully saturated rings. The number of aliphatic imine (C=N–C) groups is 1. The fraction of sp³-hybridized carbons (Fsp3) is 0.727. The lowest BCUT2D eigenvalue weighted by molar-refractivity contribution is 0.122. The van der Waals surface area contributed by atoms with Crippen molar-refractivity contribution in [2.75, 3.05) is 44.3 Å². The molecule has 7 heteroatoms. The molecule has 0 bridgehead atoms. The Morgan fingerprint density at radius 2 is 2.00 bits per heavy atom. The monoisotopic (exact) mass is 515 g/mol. The van der Waals surface area contributed by atoms with Crippen LogP contribution in [0, 0.1) is 5.92 Å². The highest BCUT2D eigenvalue weighted by molar-refractivity contribution is 14.0. The summed E-state index contributed by atoms with van der Waals surface area (Å²) in [5, 5.41) is 6.89. The molecule has 1 aliphatic heterocycles. The van der Waals surface area contributed by atoms with Crippen molar-refractivity contribution in [2.45, 2.75) is 58.4 Å². The van der Waals surface area contributed by atoms with E-state index in [0.29, 0.717) is 6.54 Å². The Labute approximate surface area is 193 Å². The molecule has 1 saturated heterocycles. The Morgan fingerprint density at radius 3 is 2.76 bits per heavy atom. The van der Waals surface area contributed by atoms with Crippen molar-refractivity contribution in [2.24, 2.45) is 10.9 Å². The Hall–Kier alpha value is -1.09. The molecule has 2 heterocycles. The SMILES string of the molecule is CCNC(=NCc1cccnc1N1CCOCC1)NCCCC1CCCCC1.I. The maximum absolute atomic E-state index is 5.47. The Morgan fingerprint density at radius 1 is 1.21 bits per heavy atom. The number of aromatic nitrogens is 1. The van der Waals surface area contributed by atoms with Crippen molar-refractivity contribution in [3.05, 3.63) is 23.9 Å². The number of guanidine groups is 1. The molecule has 1 aromatic heterocycles. The summed E-state index contributed by atoms with van der Waals surface area (Å²) in [4.78, 5) is 11.7. The van der Waals surface area contributed by atoms with Crippen LogP contribution in [0.3, 0.4) is 0 Å². The topological polar surface area (TPSA) is 61.8 Å². The molecule has 1 aliphatic carbocycles. The average molecular weight is 515 g/mol. The Balaban J connectivity index is 0.00000300. The molecule has 2 N–H and O–H groups in total. The minimum Gasteiger partial charge on any atom is -0.378 e. The van der Waals surface area contributed by atoms with E-state index < -0.39 is 0 Å². The highest BCUT2D eigenvalue weighted by Crippen LogP contribution is 2.27. The van der Waals surface area contributed by atoms with Crippen LogP contribution in [0.5, 0.6) is 0 Å². The number of anilines is 1. The van der Waals surface area contributed by atoms with E-state index in [0.717, 1.165) is 57.1 Å². The summed E-state index contributed by atoms with van der Waals surface area (Å²) in [6, 6.07) is 4.13. The molecule has 0 unspecified atom stereocenters. The number of nitrogens with zero attached hydrogens (tertiary/aromatic N) is 3. The first-order chi connectivity index (χ1) is 13.9. The third kappa shape index (κ3) is 8.28. The van der Waals surface area contributed by atoms with Gasteiger partial charge in [0.05, 0.1) is 19.8 Å². The van der Waals surface area contributed by atoms with Crippen LogP contribution in [0.1, 0.15) is 57.4 Å². The zero-order valence-corrected chi connectivity index (χ0v) is 20.2. The van der Waals surface area contributed by atoms with Gasteiger partial charge in [-0.25, -0.2) is 9.98 Å². The van der Waals surface area contributed by atoms with Gasteiger partial charge in [-0.2, -0.15) is 0 Å². The Kier molecular flexibility index (Phi) is 11.7. The van der Waals surface area contributed by atoms with E-state index >= 15 is 0 Å². The zero-order chi connectivity index (χ0) is 19.4. The van der Waals surface area contributed by atoms with Gasteiger partial charge in [0.2, 0.25) is 0 Å². The van der Waals surface area contributed by atoms with Gasteiger partial charge in [0.1, 0.15) is 5.82 Å². The highest BCUT2D eigenvalue weighted by atomic mass is 127. The molecule has 1 saturated carbocycles. The van der Waals surface area contributed by atoms with Gasteiger partial charge in [0, 0.05) is 37.9 Å². The lowest BCUT2D eigenvalue weighted by Crippen LogP contribution is -2.38. The van der Waals surface area contributed by atoms with E-state index in [2.05, 4.69) is 33.5 Å². The average Bonchev–Trinajstić information content (AvgIpc) is 2.76. The van der Waals surface area contributed by atoms with Gasteiger partial charge in [-0.05, 0) is 31.7 Å². The predicted molar refractivity (Wildman–Crippen MR) is 131 cm³/mol. The van der Waals surface area contributed by atoms with Crippen molar-refractivity contribution < 1.29 is 4.74 Å². The molecule has 0 spiro atoms. The molecule has 164 valence electrons. The third-order valence-electron chi connectivity index (χ3n) is 5.74. The fourth-order valence-electron chi connectivity index (χ4n) is 4.19. The molecule has 29 heavy (non-hydrogen) atoms. The van der Waals surface area contributed by atoms with Gasteiger partial charge < -0.3 is 20.3 Å². The number of halogens is 1. The van der Waals surface area contributed by atoms with Crippen molar-refractivity contribution in [3.63, 3.8) is 0 Å². The first-order valence-electron chi connectivity index (χ1n) is 11.2. The van der Waals surface area contributed by atoms with E-state index in [9.17, 15) is 0 Å². The van der Waals surface area contributed by atoms with Crippen LogP contribution >= 0.6 is 24.0 Å². The maximum atomic E-state index is 5.47. The summed E-state index contributed by atoms with van der Waals surface area (Å²) in [7, 11) is 0. The van der Waals surface area contributed by atoms with Gasteiger partial charge in [-0.1, -0.05) is 38.2 Å². The zero-order valence-electron chi connectivity index (χ0n) is 17.9. The van der Waals surface area contributed by atoms with Crippen molar-refractivity contribution in [1.29, 1.82) is 0 Å². The molecular formula is C22H38IN5O. The van der Waals surface area contributed by atoms with Crippen molar-refractivity contribution in [1.82, 2.24) is 15.6 Å². The van der Waals surface area contributed by atoms with Crippen LogP contribution in [0.25, 0.3) is 0 Å². The van der Waals surface area contributed by atoms with E-state index in [4.69, 9.17) is 9.73 Å². The lowest BCUT2D eigenvalue weighted by atomic mass is 9.86. The predicted octanol–water partition coefficient (Wildman–Crippen LogP) is 3.95. The molecule has 0 aromatic carbocycles. The van der Waals surface area contributed by atoms with Crippen LogP contribution in [0.2, 0.25) is 0 Å². The second-order valence-electron chi connectivity index (χ2n) is 7.85. The molecule has 0 radical (unpaired) electrons. The molecule has 6 nitrogen and oxygen atoms in total. The van der Waals surface area contributed by atoms with E-state index in [-0.39, 0.29) is 24.0 Å². The number of hydrogen-bond acceptors (Lipinski definition) is 4. The van der Waals surface area contributed by atoms with Crippen LogP contribution in [-0.2, 0) is 11.3 Å². The smallest absolute Gasteiger partial charge is 0.191 e. The van der Waals surface area contributed by atoms with Gasteiger partial charge in [0.25, 0.3) is 0 Å². The second-order valence-corrected chi connectivity index (χ2v) is 7.85. The van der Waals surface area contributed by atoms with Gasteiger partial charge in [0.15, 0.2) is 5.96 Å². The van der Waals surface area contributed by atoms with E-state index in [1.54, 1.807) is 0 Å². The highest BCUT2D eigenvalue weighted by Gasteiger charge is 2.16. The molecule has 3 rings (SSSR count). The minimum absolute atomic E-state index is 0. The lowest BCUT2D eigenvalue weighted by Gasteiger charge is -2.29. The van der Waals surface area contributed by atoms with Gasteiger partial charge in [-0.3, -0.25) is 0 Å². The number of hydrogen-bond donors (Lipinski definition) is 2. The summed E-state index contributed by atoms with van der Waals surface area (Å²) in [5.74, 6) is 2.90. The van der Waals surface area contributed by atoms with Crippen LogP contribution < -0.4 is 15.5 Å². The summed E-state index contributed by atoms with van der Waals surface area (Å²) >= 11 is 0. The van der Waals surface area contributed by atoms with Crippen LogP contribution in [-0.4, -0.2) is 50.3 Å². The number of nitrogens with one attached hydrogen (secondary N) is 2. The molecule has 2 aliphatic rings.